The fraction of sp³-hybridized carbons (Fsp3) is 0.538. The number of amides is 1. The summed E-state index contributed by atoms with van der Waals surface area (Å²) < 4.78 is 5.54. The average Bonchev–Trinajstić information content (AvgIpc) is 2.81. The second kappa shape index (κ2) is 6.92. The third kappa shape index (κ3) is 3.81. The van der Waals surface area contributed by atoms with Crippen LogP contribution in [0.2, 0.25) is 0 Å². The third-order valence-electron chi connectivity index (χ3n) is 2.88. The first-order valence-electron chi connectivity index (χ1n) is 6.13. The quantitative estimate of drug-likeness (QED) is 0.703. The molecule has 3 atom stereocenters. The van der Waals surface area contributed by atoms with Gasteiger partial charge in [-0.2, -0.15) is 5.26 Å². The van der Waals surface area contributed by atoms with E-state index in [0.29, 0.717) is 12.1 Å². The number of nitrogens with two attached hydrogens (primary N) is 1. The average molecular weight is 265 g/mol. The zero-order valence-electron chi connectivity index (χ0n) is 11.0. The highest BCUT2D eigenvalue weighted by atomic mass is 16.5. The highest BCUT2D eigenvalue weighted by Gasteiger charge is 2.39. The molecule has 3 N–H and O–H groups in total. The maximum Gasteiger partial charge on any atom is 0.228 e. The van der Waals surface area contributed by atoms with Crippen molar-refractivity contribution in [1.29, 1.82) is 5.26 Å². The molecular weight excluding hydrogens is 246 g/mol. The van der Waals surface area contributed by atoms with Gasteiger partial charge in [0.1, 0.15) is 0 Å². The van der Waals surface area contributed by atoms with Gasteiger partial charge >= 0.3 is 0 Å². The van der Waals surface area contributed by atoms with Crippen molar-refractivity contribution in [2.75, 3.05) is 6.61 Å². The molecule has 1 heterocycles. The number of hydrogen-bond donors (Lipinski definition) is 2. The maximum atomic E-state index is 11.9. The summed E-state index contributed by atoms with van der Waals surface area (Å²) in [4.78, 5) is 13.3. The fourth-order valence-electron chi connectivity index (χ4n) is 1.91. The van der Waals surface area contributed by atoms with Gasteiger partial charge < -0.3 is 15.6 Å². The SMILES string of the molecule is C=C(N)/C=C\N(C(=O)CC)C1O[C@H](CO)CC1C#N. The monoisotopic (exact) mass is 265 g/mol. The Morgan fingerprint density at radius 1 is 1.74 bits per heavy atom. The number of carbonyl (C=O) groups excluding carboxylic acids is 1. The van der Waals surface area contributed by atoms with E-state index in [0.717, 1.165) is 0 Å². The molecule has 1 aliphatic rings. The van der Waals surface area contributed by atoms with Gasteiger partial charge in [0.05, 0.1) is 24.7 Å². The Bertz CT molecular complexity index is 414. The van der Waals surface area contributed by atoms with Crippen LogP contribution in [-0.4, -0.2) is 34.9 Å². The zero-order chi connectivity index (χ0) is 14.4. The lowest BCUT2D eigenvalue weighted by atomic mass is 10.0. The molecule has 0 spiro atoms. The first kappa shape index (κ1) is 15.2. The lowest BCUT2D eigenvalue weighted by Crippen LogP contribution is -2.39. The molecule has 0 aromatic heterocycles. The molecule has 0 aromatic rings. The predicted molar refractivity (Wildman–Crippen MR) is 69.1 cm³/mol. The van der Waals surface area contributed by atoms with E-state index in [9.17, 15) is 4.79 Å². The van der Waals surface area contributed by atoms with Crippen molar-refractivity contribution in [3.63, 3.8) is 0 Å². The van der Waals surface area contributed by atoms with E-state index in [4.69, 9.17) is 20.8 Å². The van der Waals surface area contributed by atoms with Crippen LogP contribution in [0.15, 0.2) is 24.6 Å². The molecule has 1 fully saturated rings. The van der Waals surface area contributed by atoms with Crippen LogP contribution in [0.5, 0.6) is 0 Å². The van der Waals surface area contributed by atoms with E-state index < -0.39 is 18.2 Å². The topological polar surface area (TPSA) is 99.6 Å². The molecule has 6 heteroatoms. The van der Waals surface area contributed by atoms with E-state index in [1.165, 1.54) is 17.2 Å². The Morgan fingerprint density at radius 2 is 2.42 bits per heavy atom. The Kier molecular flexibility index (Phi) is 5.55. The number of carbonyl (C=O) groups is 1. The van der Waals surface area contributed by atoms with Gasteiger partial charge in [0.2, 0.25) is 5.91 Å². The molecule has 1 amide bonds. The highest BCUT2D eigenvalue weighted by Crippen LogP contribution is 2.29. The van der Waals surface area contributed by atoms with Crippen molar-refractivity contribution in [3.8, 4) is 6.07 Å². The number of ether oxygens (including phenoxy) is 1. The second-order valence-corrected chi connectivity index (χ2v) is 4.35. The minimum absolute atomic E-state index is 0.170. The molecule has 0 radical (unpaired) electrons. The molecule has 1 rings (SSSR count). The van der Waals surface area contributed by atoms with Crippen LogP contribution in [-0.2, 0) is 9.53 Å². The van der Waals surface area contributed by atoms with Gasteiger partial charge in [-0.25, -0.2) is 0 Å². The molecule has 6 nitrogen and oxygen atoms in total. The van der Waals surface area contributed by atoms with Gasteiger partial charge in [-0.1, -0.05) is 13.5 Å². The number of hydrogen-bond acceptors (Lipinski definition) is 5. The van der Waals surface area contributed by atoms with Crippen molar-refractivity contribution >= 4 is 5.91 Å². The molecule has 1 saturated heterocycles. The Labute approximate surface area is 112 Å². The summed E-state index contributed by atoms with van der Waals surface area (Å²) in [6.45, 7) is 5.07. The van der Waals surface area contributed by atoms with Crippen molar-refractivity contribution in [2.45, 2.75) is 32.1 Å². The number of nitriles is 1. The van der Waals surface area contributed by atoms with E-state index in [1.807, 2.05) is 0 Å². The summed E-state index contributed by atoms with van der Waals surface area (Å²) in [5, 5.41) is 18.2. The molecule has 0 aromatic carbocycles. The lowest BCUT2D eigenvalue weighted by molar-refractivity contribution is -0.141. The summed E-state index contributed by atoms with van der Waals surface area (Å²) >= 11 is 0. The number of allylic oxidation sites excluding steroid dienone is 1. The first-order chi connectivity index (χ1) is 9.03. The Hall–Kier alpha value is -1.84. The van der Waals surface area contributed by atoms with Crippen LogP contribution in [0.1, 0.15) is 19.8 Å². The van der Waals surface area contributed by atoms with Crippen LogP contribution in [0.3, 0.4) is 0 Å². The van der Waals surface area contributed by atoms with Crippen molar-refractivity contribution in [2.24, 2.45) is 11.7 Å². The van der Waals surface area contributed by atoms with E-state index in [2.05, 4.69) is 12.6 Å². The lowest BCUT2D eigenvalue weighted by Gasteiger charge is -2.26. The van der Waals surface area contributed by atoms with Gasteiger partial charge in [-0.05, 0) is 12.5 Å². The molecule has 0 bridgehead atoms. The minimum atomic E-state index is -0.690. The minimum Gasteiger partial charge on any atom is -0.399 e. The van der Waals surface area contributed by atoms with Crippen LogP contribution in [0.25, 0.3) is 0 Å². The molecule has 0 aliphatic carbocycles. The van der Waals surface area contributed by atoms with Crippen LogP contribution in [0.4, 0.5) is 0 Å². The van der Waals surface area contributed by atoms with Crippen LogP contribution >= 0.6 is 0 Å². The van der Waals surface area contributed by atoms with Crippen LogP contribution < -0.4 is 5.73 Å². The van der Waals surface area contributed by atoms with Gasteiger partial charge in [0.25, 0.3) is 0 Å². The van der Waals surface area contributed by atoms with Crippen molar-refractivity contribution < 1.29 is 14.6 Å². The summed E-state index contributed by atoms with van der Waals surface area (Å²) in [6, 6.07) is 2.11. The highest BCUT2D eigenvalue weighted by molar-refractivity contribution is 5.77. The molecule has 19 heavy (non-hydrogen) atoms. The molecule has 2 unspecified atom stereocenters. The smallest absolute Gasteiger partial charge is 0.228 e. The Balaban J connectivity index is 2.93. The third-order valence-corrected chi connectivity index (χ3v) is 2.88. The number of aliphatic hydroxyl groups is 1. The van der Waals surface area contributed by atoms with E-state index >= 15 is 0 Å². The first-order valence-corrected chi connectivity index (χ1v) is 6.13. The molecular formula is C13H19N3O3. The standard InChI is InChI=1S/C13H19N3O3/c1-3-12(18)16(5-4-9(2)15)13-10(7-14)6-11(8-17)19-13/h4-5,10-11,13,17H,2-3,6,8,15H2,1H3/b5-4-/t10?,11-,13?/m0/s1. The largest absolute Gasteiger partial charge is 0.399 e. The molecule has 104 valence electrons. The van der Waals surface area contributed by atoms with Gasteiger partial charge in [0, 0.05) is 18.3 Å². The number of nitrogens with zero attached hydrogens (tertiary/aromatic N) is 2. The summed E-state index contributed by atoms with van der Waals surface area (Å²) in [6.07, 6.45) is 2.54. The molecule has 0 saturated carbocycles. The van der Waals surface area contributed by atoms with Crippen molar-refractivity contribution in [1.82, 2.24) is 4.90 Å². The number of rotatable bonds is 5. The van der Waals surface area contributed by atoms with Gasteiger partial charge in [-0.3, -0.25) is 9.69 Å². The van der Waals surface area contributed by atoms with Gasteiger partial charge in [-0.15, -0.1) is 0 Å². The fourth-order valence-corrected chi connectivity index (χ4v) is 1.91. The van der Waals surface area contributed by atoms with Gasteiger partial charge in [0.15, 0.2) is 6.23 Å². The van der Waals surface area contributed by atoms with E-state index in [1.54, 1.807) is 6.92 Å². The second-order valence-electron chi connectivity index (χ2n) is 4.35. The summed E-state index contributed by atoms with van der Waals surface area (Å²) in [5.41, 5.74) is 5.74. The van der Waals surface area contributed by atoms with E-state index in [-0.39, 0.29) is 18.9 Å². The zero-order valence-corrected chi connectivity index (χ0v) is 11.0. The molecule has 1 aliphatic heterocycles. The van der Waals surface area contributed by atoms with Crippen LogP contribution in [0, 0.1) is 17.2 Å². The summed E-state index contributed by atoms with van der Waals surface area (Å²) in [5.74, 6) is -0.648. The van der Waals surface area contributed by atoms with Crippen molar-refractivity contribution in [3.05, 3.63) is 24.6 Å². The normalized spacial score (nSPS) is 26.3. The Morgan fingerprint density at radius 3 is 2.89 bits per heavy atom. The predicted octanol–water partition coefficient (Wildman–Crippen LogP) is 0.458. The number of aliphatic hydroxyl groups excluding tert-OH is 1. The summed E-state index contributed by atoms with van der Waals surface area (Å²) in [7, 11) is 0. The maximum absolute atomic E-state index is 11.9.